The van der Waals surface area contributed by atoms with Crippen molar-refractivity contribution in [1.29, 1.82) is 0 Å². The van der Waals surface area contributed by atoms with Crippen LogP contribution in [0.25, 0.3) is 79.8 Å². The zero-order valence-electron chi connectivity index (χ0n) is 25.0. The molecule has 3 aromatic heterocycles. The number of carbonyl (C=O) groups is 1. The molecule has 6 nitrogen and oxygen atoms in total. The van der Waals surface area contributed by atoms with Gasteiger partial charge in [0.25, 0.3) is 0 Å². The summed E-state index contributed by atoms with van der Waals surface area (Å²) in [5.41, 5.74) is 12.4. The number of nitrogens with zero attached hydrogens (tertiary/aromatic N) is 2. The Kier molecular flexibility index (Phi) is 6.73. The van der Waals surface area contributed by atoms with E-state index in [0.717, 1.165) is 67.0 Å². The number of carbonyl (C=O) groups excluding carboxylic acids is 1. The lowest BCUT2D eigenvalue weighted by atomic mass is 10.0. The van der Waals surface area contributed by atoms with Crippen molar-refractivity contribution >= 4 is 52.3 Å². The zero-order chi connectivity index (χ0) is 31.0. The number of esters is 1. The highest BCUT2D eigenvalue weighted by molar-refractivity contribution is 6.04. The van der Waals surface area contributed by atoms with Crippen molar-refractivity contribution in [2.75, 3.05) is 7.11 Å². The molecule has 2 aliphatic rings. The van der Waals surface area contributed by atoms with E-state index < -0.39 is 5.97 Å². The number of nitrogens with one attached hydrogen (secondary N) is 2. The second kappa shape index (κ2) is 11.3. The standard InChI is InChI=1S/C40H28N4O2/c1-46-40(45)39-34-23-21-32(43-34)37(26-13-7-3-8-14-26)30-19-17-28(41-30)36(25-11-5-2-6-12-25)29-18-20-31(42-29)38(27-15-9-4-10-16-27)33-22-24-35(39)44-33/h2-24,41,44H,1H3. The number of hydrogen-bond acceptors (Lipinski definition) is 4. The van der Waals surface area contributed by atoms with Gasteiger partial charge in [0.1, 0.15) is 5.56 Å². The average molecular weight is 597 g/mol. The maximum Gasteiger partial charge on any atom is 0.342 e. The molecule has 8 rings (SSSR count). The molecular formula is C40H28N4O2. The van der Waals surface area contributed by atoms with Crippen LogP contribution in [0.5, 0.6) is 0 Å². The van der Waals surface area contributed by atoms with Gasteiger partial charge in [-0.3, -0.25) is 0 Å². The van der Waals surface area contributed by atoms with Crippen molar-refractivity contribution in [2.24, 2.45) is 0 Å². The van der Waals surface area contributed by atoms with Gasteiger partial charge in [-0.2, -0.15) is 0 Å². The lowest BCUT2D eigenvalue weighted by Crippen LogP contribution is -2.04. The van der Waals surface area contributed by atoms with E-state index in [2.05, 4.69) is 70.7 Å². The molecule has 0 radical (unpaired) electrons. The van der Waals surface area contributed by atoms with Gasteiger partial charge >= 0.3 is 5.97 Å². The van der Waals surface area contributed by atoms with Crippen molar-refractivity contribution < 1.29 is 9.53 Å². The number of benzene rings is 3. The van der Waals surface area contributed by atoms with Crippen molar-refractivity contribution in [3.8, 4) is 33.4 Å². The SMILES string of the molecule is COC(=O)c1c2nc(c(-c3ccccc3)c3ccc([nH]3)c(-c3ccccc3)c3nc(c(-c4ccccc4)c4ccc1[nH]4)C=C3)C=C2. The topological polar surface area (TPSA) is 83.7 Å². The van der Waals surface area contributed by atoms with E-state index in [9.17, 15) is 4.79 Å². The van der Waals surface area contributed by atoms with E-state index in [1.165, 1.54) is 7.11 Å². The van der Waals surface area contributed by atoms with Crippen LogP contribution in [0.3, 0.4) is 0 Å². The molecule has 0 amide bonds. The molecule has 46 heavy (non-hydrogen) atoms. The highest BCUT2D eigenvalue weighted by Gasteiger charge is 2.20. The third-order valence-corrected chi connectivity index (χ3v) is 8.33. The number of ether oxygens (including phenoxy) is 1. The molecule has 0 saturated heterocycles. The van der Waals surface area contributed by atoms with Crippen molar-refractivity contribution in [3.63, 3.8) is 0 Å². The number of hydrogen-bond donors (Lipinski definition) is 2. The van der Waals surface area contributed by atoms with Gasteiger partial charge in [0.15, 0.2) is 0 Å². The molecule has 0 atom stereocenters. The molecule has 3 aromatic carbocycles. The first kappa shape index (κ1) is 27.3. The van der Waals surface area contributed by atoms with E-state index in [4.69, 9.17) is 14.7 Å². The van der Waals surface area contributed by atoms with E-state index in [0.29, 0.717) is 16.8 Å². The van der Waals surface area contributed by atoms with E-state index in [1.807, 2.05) is 78.9 Å². The molecule has 2 N–H and O–H groups in total. The van der Waals surface area contributed by atoms with E-state index in [-0.39, 0.29) is 0 Å². The molecule has 6 heteroatoms. The van der Waals surface area contributed by atoms with Gasteiger partial charge in [-0.05, 0) is 65.3 Å². The molecule has 0 unspecified atom stereocenters. The fraction of sp³-hybridized carbons (Fsp3) is 0.0250. The Labute approximate surface area is 265 Å². The third-order valence-electron chi connectivity index (χ3n) is 8.33. The minimum absolute atomic E-state index is 0.356. The normalized spacial score (nSPS) is 11.9. The Bertz CT molecular complexity index is 2310. The Hall–Kier alpha value is -6.27. The molecule has 0 fully saturated rings. The quantitative estimate of drug-likeness (QED) is 0.198. The third kappa shape index (κ3) is 4.73. The van der Waals surface area contributed by atoms with Crippen LogP contribution in [0, 0.1) is 0 Å². The largest absolute Gasteiger partial charge is 0.465 e. The summed E-state index contributed by atoms with van der Waals surface area (Å²) in [6, 6.07) is 38.7. The van der Waals surface area contributed by atoms with Gasteiger partial charge in [0, 0.05) is 33.2 Å². The van der Waals surface area contributed by atoms with Gasteiger partial charge < -0.3 is 14.7 Å². The number of aromatic amines is 2. The Balaban J connectivity index is 1.58. The summed E-state index contributed by atoms with van der Waals surface area (Å²) >= 11 is 0. The minimum atomic E-state index is -0.473. The van der Waals surface area contributed by atoms with Crippen LogP contribution in [-0.4, -0.2) is 33.0 Å². The van der Waals surface area contributed by atoms with E-state index in [1.54, 1.807) is 0 Å². The average Bonchev–Trinajstić information content (AvgIpc) is 3.93. The van der Waals surface area contributed by atoms with Crippen LogP contribution in [0.2, 0.25) is 0 Å². The van der Waals surface area contributed by atoms with Crippen LogP contribution in [0.4, 0.5) is 0 Å². The summed E-state index contributed by atoms with van der Waals surface area (Å²) in [7, 11) is 1.39. The van der Waals surface area contributed by atoms with Crippen molar-refractivity contribution in [1.82, 2.24) is 19.9 Å². The lowest BCUT2D eigenvalue weighted by Gasteiger charge is -2.06. The summed E-state index contributed by atoms with van der Waals surface area (Å²) in [5.74, 6) is -0.473. The predicted molar refractivity (Wildman–Crippen MR) is 187 cm³/mol. The Morgan fingerprint density at radius 2 is 0.826 bits per heavy atom. The second-order valence-corrected chi connectivity index (χ2v) is 11.1. The predicted octanol–water partition coefficient (Wildman–Crippen LogP) is 9.44. The number of methoxy groups -OCH3 is 1. The number of aromatic nitrogens is 4. The fourth-order valence-electron chi connectivity index (χ4n) is 6.25. The van der Waals surface area contributed by atoms with Gasteiger partial charge in [-0.15, -0.1) is 0 Å². The summed E-state index contributed by atoms with van der Waals surface area (Å²) in [6.45, 7) is 0. The smallest absolute Gasteiger partial charge is 0.342 e. The maximum atomic E-state index is 13.3. The van der Waals surface area contributed by atoms with Gasteiger partial charge in [0.05, 0.1) is 35.4 Å². The molecule has 5 heterocycles. The lowest BCUT2D eigenvalue weighted by molar-refractivity contribution is 0.0602. The molecular weight excluding hydrogens is 568 g/mol. The van der Waals surface area contributed by atoms with Crippen molar-refractivity contribution in [3.05, 3.63) is 144 Å². The minimum Gasteiger partial charge on any atom is -0.465 e. The number of fused-ring (bicyclic) bond motifs is 8. The highest BCUT2D eigenvalue weighted by atomic mass is 16.5. The van der Waals surface area contributed by atoms with Crippen LogP contribution >= 0.6 is 0 Å². The van der Waals surface area contributed by atoms with Gasteiger partial charge in [0.2, 0.25) is 0 Å². The molecule has 0 spiro atoms. The second-order valence-electron chi connectivity index (χ2n) is 11.1. The maximum absolute atomic E-state index is 13.3. The Morgan fingerprint density at radius 1 is 0.478 bits per heavy atom. The Morgan fingerprint density at radius 3 is 1.24 bits per heavy atom. The monoisotopic (exact) mass is 596 g/mol. The van der Waals surface area contributed by atoms with Crippen LogP contribution in [0.15, 0.2) is 115 Å². The first-order chi connectivity index (χ1) is 22.7. The molecule has 8 bridgehead atoms. The van der Waals surface area contributed by atoms with Crippen LogP contribution < -0.4 is 0 Å². The zero-order valence-corrected chi connectivity index (χ0v) is 25.0. The van der Waals surface area contributed by atoms with Crippen LogP contribution in [-0.2, 0) is 4.74 Å². The number of rotatable bonds is 4. The molecule has 0 saturated carbocycles. The van der Waals surface area contributed by atoms with Crippen molar-refractivity contribution in [2.45, 2.75) is 0 Å². The summed E-state index contributed by atoms with van der Waals surface area (Å²) in [5, 5.41) is 0. The van der Waals surface area contributed by atoms with Gasteiger partial charge in [-0.1, -0.05) is 91.0 Å². The molecule has 6 aromatic rings. The summed E-state index contributed by atoms with van der Waals surface area (Å²) in [6.07, 6.45) is 7.96. The molecule has 2 aliphatic heterocycles. The summed E-state index contributed by atoms with van der Waals surface area (Å²) in [4.78, 5) is 30.9. The molecule has 220 valence electrons. The number of H-pyrrole nitrogens is 2. The van der Waals surface area contributed by atoms with Gasteiger partial charge in [-0.25, -0.2) is 14.8 Å². The highest BCUT2D eigenvalue weighted by Crippen LogP contribution is 2.36. The molecule has 0 aliphatic carbocycles. The fourth-order valence-corrected chi connectivity index (χ4v) is 6.25. The first-order valence-electron chi connectivity index (χ1n) is 15.1. The van der Waals surface area contributed by atoms with E-state index >= 15 is 0 Å². The first-order valence-corrected chi connectivity index (χ1v) is 15.1. The summed E-state index contributed by atoms with van der Waals surface area (Å²) < 4.78 is 5.28. The van der Waals surface area contributed by atoms with Crippen LogP contribution in [0.1, 0.15) is 33.1 Å².